The van der Waals surface area contributed by atoms with Crippen LogP contribution in [0.25, 0.3) is 0 Å². The molecule has 0 aromatic heterocycles. The molecule has 0 spiro atoms. The van der Waals surface area contributed by atoms with Gasteiger partial charge in [0.15, 0.2) is 0 Å². The average Bonchev–Trinajstić information content (AvgIpc) is 2.12. The van der Waals surface area contributed by atoms with Crippen molar-refractivity contribution >= 4 is 5.97 Å². The molecule has 0 radical (unpaired) electrons. The second-order valence-corrected chi connectivity index (χ2v) is 6.24. The van der Waals surface area contributed by atoms with E-state index >= 15 is 0 Å². The summed E-state index contributed by atoms with van der Waals surface area (Å²) in [5.41, 5.74) is 5.76. The van der Waals surface area contributed by atoms with E-state index in [0.717, 1.165) is 19.3 Å². The third-order valence-electron chi connectivity index (χ3n) is 3.42. The predicted molar refractivity (Wildman–Crippen MR) is 66.3 cm³/mol. The van der Waals surface area contributed by atoms with Gasteiger partial charge in [-0.05, 0) is 37.5 Å². The Morgan fingerprint density at radius 3 is 2.53 bits per heavy atom. The summed E-state index contributed by atoms with van der Waals surface area (Å²) in [6.07, 6.45) is 1.99. The van der Waals surface area contributed by atoms with Crippen LogP contribution >= 0.6 is 0 Å². The molecule has 3 N–H and O–H groups in total. The summed E-state index contributed by atoms with van der Waals surface area (Å²) >= 11 is 0. The van der Waals surface area contributed by atoms with E-state index in [1.165, 1.54) is 6.92 Å². The van der Waals surface area contributed by atoms with Crippen LogP contribution in [-0.4, -0.2) is 29.3 Å². The zero-order valence-electron chi connectivity index (χ0n) is 11.3. The second-order valence-electron chi connectivity index (χ2n) is 6.24. The Morgan fingerprint density at radius 1 is 1.47 bits per heavy atom. The maximum Gasteiger partial charge on any atom is 0.325 e. The average molecular weight is 243 g/mol. The van der Waals surface area contributed by atoms with Gasteiger partial charge in [-0.15, -0.1) is 0 Å². The molecular weight excluding hydrogens is 218 g/mol. The molecule has 4 heteroatoms. The van der Waals surface area contributed by atoms with Crippen molar-refractivity contribution in [1.82, 2.24) is 0 Å². The fourth-order valence-corrected chi connectivity index (χ4v) is 2.79. The van der Waals surface area contributed by atoms with Crippen LogP contribution in [0, 0.1) is 11.3 Å². The monoisotopic (exact) mass is 243 g/mol. The molecule has 4 nitrogen and oxygen atoms in total. The maximum absolute atomic E-state index is 11.7. The lowest BCUT2D eigenvalue weighted by Crippen LogP contribution is -2.44. The molecule has 1 rings (SSSR count). The quantitative estimate of drug-likeness (QED) is 0.736. The highest BCUT2D eigenvalue weighted by Gasteiger charge is 2.35. The number of hydrogen-bond acceptors (Lipinski definition) is 4. The maximum atomic E-state index is 11.7. The van der Waals surface area contributed by atoms with E-state index in [1.54, 1.807) is 0 Å². The predicted octanol–water partition coefficient (Wildman–Crippen LogP) is 1.45. The number of ether oxygens (including phenoxy) is 1. The number of aliphatic hydroxyl groups excluding tert-OH is 1. The summed E-state index contributed by atoms with van der Waals surface area (Å²) in [5, 5.41) is 9.25. The molecule has 0 saturated heterocycles. The van der Waals surface area contributed by atoms with Gasteiger partial charge in [-0.2, -0.15) is 0 Å². The molecular formula is C13H25NO3. The number of carbonyl (C=O) groups is 1. The van der Waals surface area contributed by atoms with Gasteiger partial charge in [0, 0.05) is 0 Å². The lowest BCUT2D eigenvalue weighted by atomic mass is 9.71. The van der Waals surface area contributed by atoms with E-state index in [2.05, 4.69) is 20.8 Å². The first kappa shape index (κ1) is 14.5. The molecule has 0 amide bonds. The van der Waals surface area contributed by atoms with Crippen molar-refractivity contribution in [2.45, 2.75) is 65.2 Å². The Labute approximate surface area is 104 Å². The fourth-order valence-electron chi connectivity index (χ4n) is 2.79. The van der Waals surface area contributed by atoms with Crippen LogP contribution in [0.3, 0.4) is 0 Å². The smallest absolute Gasteiger partial charge is 0.325 e. The first-order valence-corrected chi connectivity index (χ1v) is 6.35. The molecule has 1 aliphatic carbocycles. The zero-order chi connectivity index (χ0) is 13.2. The van der Waals surface area contributed by atoms with E-state index in [0.29, 0.717) is 5.92 Å². The van der Waals surface area contributed by atoms with Crippen LogP contribution in [-0.2, 0) is 9.53 Å². The summed E-state index contributed by atoms with van der Waals surface area (Å²) in [4.78, 5) is 11.7. The minimum atomic E-state index is -0.935. The van der Waals surface area contributed by atoms with Crippen molar-refractivity contribution in [1.29, 1.82) is 0 Å². The van der Waals surface area contributed by atoms with Crippen LogP contribution in [0.4, 0.5) is 0 Å². The van der Waals surface area contributed by atoms with E-state index in [-0.39, 0.29) is 11.5 Å². The van der Waals surface area contributed by atoms with Gasteiger partial charge in [0.2, 0.25) is 0 Å². The van der Waals surface area contributed by atoms with E-state index < -0.39 is 18.1 Å². The SMILES string of the molecule is CC1CC(OC(=O)[C@@H](N)[C@@H](C)O)CC(C)(C)C1. The van der Waals surface area contributed by atoms with E-state index in [4.69, 9.17) is 10.5 Å². The largest absolute Gasteiger partial charge is 0.461 e. The molecule has 2 unspecified atom stereocenters. The molecule has 17 heavy (non-hydrogen) atoms. The Balaban J connectivity index is 2.54. The molecule has 0 aliphatic heterocycles. The lowest BCUT2D eigenvalue weighted by Gasteiger charge is -2.38. The molecule has 1 fully saturated rings. The normalized spacial score (nSPS) is 31.6. The van der Waals surface area contributed by atoms with Crippen molar-refractivity contribution in [3.63, 3.8) is 0 Å². The number of carbonyl (C=O) groups excluding carboxylic acids is 1. The third kappa shape index (κ3) is 4.28. The van der Waals surface area contributed by atoms with Crippen LogP contribution in [0.5, 0.6) is 0 Å². The first-order chi connectivity index (χ1) is 7.71. The minimum absolute atomic E-state index is 0.0638. The van der Waals surface area contributed by atoms with Crippen LogP contribution in [0.1, 0.15) is 47.0 Å². The Bertz CT molecular complexity index is 276. The van der Waals surface area contributed by atoms with Gasteiger partial charge < -0.3 is 15.6 Å². The lowest BCUT2D eigenvalue weighted by molar-refractivity contribution is -0.157. The summed E-state index contributed by atoms with van der Waals surface area (Å²) in [6.45, 7) is 8.06. The molecule has 0 aromatic carbocycles. The number of esters is 1. The number of aliphatic hydroxyl groups is 1. The molecule has 0 bridgehead atoms. The highest BCUT2D eigenvalue weighted by Crippen LogP contribution is 2.39. The molecule has 0 aromatic rings. The highest BCUT2D eigenvalue weighted by atomic mass is 16.5. The topological polar surface area (TPSA) is 72.5 Å². The minimum Gasteiger partial charge on any atom is -0.461 e. The summed E-state index contributed by atoms with van der Waals surface area (Å²) in [7, 11) is 0. The van der Waals surface area contributed by atoms with Crippen molar-refractivity contribution < 1.29 is 14.6 Å². The fraction of sp³-hybridized carbons (Fsp3) is 0.923. The third-order valence-corrected chi connectivity index (χ3v) is 3.42. The van der Waals surface area contributed by atoms with Gasteiger partial charge in [-0.1, -0.05) is 20.8 Å². The standard InChI is InChI=1S/C13H25NO3/c1-8-5-10(7-13(3,4)6-8)17-12(16)11(14)9(2)15/h8-11,15H,5-7,14H2,1-4H3/t8?,9-,10?,11+/m1/s1. The van der Waals surface area contributed by atoms with Gasteiger partial charge in [-0.25, -0.2) is 0 Å². The number of nitrogens with two attached hydrogens (primary N) is 1. The van der Waals surface area contributed by atoms with Gasteiger partial charge in [0.05, 0.1) is 6.10 Å². The van der Waals surface area contributed by atoms with Crippen molar-refractivity contribution in [2.24, 2.45) is 17.1 Å². The van der Waals surface area contributed by atoms with Crippen molar-refractivity contribution in [2.75, 3.05) is 0 Å². The van der Waals surface area contributed by atoms with Gasteiger partial charge in [0.1, 0.15) is 12.1 Å². The highest BCUT2D eigenvalue weighted by molar-refractivity contribution is 5.76. The Kier molecular flexibility index (Phi) is 4.55. The molecule has 100 valence electrons. The number of hydrogen-bond donors (Lipinski definition) is 2. The number of rotatable bonds is 3. The van der Waals surface area contributed by atoms with Gasteiger partial charge >= 0.3 is 5.97 Å². The molecule has 1 aliphatic rings. The molecule has 4 atom stereocenters. The second kappa shape index (κ2) is 5.36. The summed E-state index contributed by atoms with van der Waals surface area (Å²) < 4.78 is 5.40. The van der Waals surface area contributed by atoms with Crippen LogP contribution < -0.4 is 5.73 Å². The first-order valence-electron chi connectivity index (χ1n) is 6.35. The Morgan fingerprint density at radius 2 is 2.06 bits per heavy atom. The van der Waals surface area contributed by atoms with Crippen molar-refractivity contribution in [3.05, 3.63) is 0 Å². The Hall–Kier alpha value is -0.610. The molecule has 0 heterocycles. The van der Waals surface area contributed by atoms with Crippen LogP contribution in [0.15, 0.2) is 0 Å². The van der Waals surface area contributed by atoms with E-state index in [1.807, 2.05) is 0 Å². The summed E-state index contributed by atoms with van der Waals surface area (Å²) in [6, 6.07) is -0.935. The van der Waals surface area contributed by atoms with Gasteiger partial charge in [-0.3, -0.25) is 4.79 Å². The van der Waals surface area contributed by atoms with Crippen LogP contribution in [0.2, 0.25) is 0 Å². The van der Waals surface area contributed by atoms with E-state index in [9.17, 15) is 9.90 Å². The van der Waals surface area contributed by atoms with Crippen molar-refractivity contribution in [3.8, 4) is 0 Å². The zero-order valence-corrected chi connectivity index (χ0v) is 11.3. The van der Waals surface area contributed by atoms with Gasteiger partial charge in [0.25, 0.3) is 0 Å². The molecule has 1 saturated carbocycles. The summed E-state index contributed by atoms with van der Waals surface area (Å²) in [5.74, 6) is 0.0641.